The summed E-state index contributed by atoms with van der Waals surface area (Å²) < 4.78 is 2.41. The van der Waals surface area contributed by atoms with Crippen LogP contribution in [0.3, 0.4) is 0 Å². The number of hydrazone groups is 1. The number of aromatic nitrogens is 1. The van der Waals surface area contributed by atoms with Crippen molar-refractivity contribution in [2.24, 2.45) is 5.10 Å². The van der Waals surface area contributed by atoms with Crippen LogP contribution in [0.15, 0.2) is 64.2 Å². The predicted octanol–water partition coefficient (Wildman–Crippen LogP) is 6.83. The molecule has 0 aliphatic heterocycles. The average molecular weight is 588 g/mol. The number of thiazole rings is 1. The maximum Gasteiger partial charge on any atom is 0.324 e. The van der Waals surface area contributed by atoms with Gasteiger partial charge in [0.2, 0.25) is 5.13 Å². The molecule has 1 amide bonds. The van der Waals surface area contributed by atoms with Crippen LogP contribution >= 0.6 is 49.9 Å². The number of carbonyl (C=O) groups excluding carboxylic acids is 1. The Morgan fingerprint density at radius 3 is 2.54 bits per heavy atom. The average Bonchev–Trinajstić information content (AvgIpc) is 3.56. The van der Waals surface area contributed by atoms with E-state index in [9.17, 15) is 25.0 Å². The number of anilines is 1. The summed E-state index contributed by atoms with van der Waals surface area (Å²) in [4.78, 5) is 40.0. The number of halogens is 1. The molecule has 14 heteroatoms. The molecule has 0 fully saturated rings. The molecule has 0 radical (unpaired) electrons. The molecule has 0 aliphatic rings. The molecular formula is C21H10BrN5O5S3. The molecule has 2 aromatic carbocycles. The van der Waals surface area contributed by atoms with E-state index in [1.54, 1.807) is 18.2 Å². The fourth-order valence-electron chi connectivity index (χ4n) is 3.14. The van der Waals surface area contributed by atoms with Crippen molar-refractivity contribution in [2.75, 3.05) is 5.01 Å². The number of benzene rings is 2. The first-order chi connectivity index (χ1) is 16.8. The van der Waals surface area contributed by atoms with E-state index in [1.165, 1.54) is 47.1 Å². The van der Waals surface area contributed by atoms with Crippen LogP contribution in [0.2, 0.25) is 0 Å². The summed E-state index contributed by atoms with van der Waals surface area (Å²) in [5.41, 5.74) is 0.611. The third-order valence-electron chi connectivity index (χ3n) is 4.73. The number of nitro groups is 2. The fraction of sp³-hybridized carbons (Fsp3) is 0. The van der Waals surface area contributed by atoms with Crippen LogP contribution in [0.5, 0.6) is 0 Å². The smallest absolute Gasteiger partial charge is 0.266 e. The molecule has 0 bridgehead atoms. The zero-order valence-corrected chi connectivity index (χ0v) is 21.2. The Hall–Kier alpha value is -3.59. The first kappa shape index (κ1) is 23.2. The highest BCUT2D eigenvalue weighted by Gasteiger charge is 2.24. The van der Waals surface area contributed by atoms with Crippen molar-refractivity contribution < 1.29 is 14.6 Å². The summed E-state index contributed by atoms with van der Waals surface area (Å²) in [5, 5.41) is 28.4. The third-order valence-corrected chi connectivity index (χ3v) is 8.29. The molecule has 0 spiro atoms. The molecule has 0 N–H and O–H groups in total. The van der Waals surface area contributed by atoms with Crippen LogP contribution in [-0.4, -0.2) is 27.0 Å². The van der Waals surface area contributed by atoms with E-state index in [-0.39, 0.29) is 10.7 Å². The van der Waals surface area contributed by atoms with Gasteiger partial charge in [-0.25, -0.2) is 4.98 Å². The quantitative estimate of drug-likeness (QED) is 0.121. The summed E-state index contributed by atoms with van der Waals surface area (Å²) in [6.07, 6.45) is 1.37. The molecule has 0 atom stereocenters. The summed E-state index contributed by atoms with van der Waals surface area (Å²) in [6.45, 7) is 0. The van der Waals surface area contributed by atoms with Gasteiger partial charge in [0.1, 0.15) is 0 Å². The third kappa shape index (κ3) is 4.68. The molecule has 174 valence electrons. The number of nitro benzene ring substituents is 1. The van der Waals surface area contributed by atoms with Crippen molar-refractivity contribution in [3.05, 3.63) is 89.1 Å². The molecule has 35 heavy (non-hydrogen) atoms. The van der Waals surface area contributed by atoms with E-state index >= 15 is 0 Å². The molecule has 0 saturated heterocycles. The number of fused-ring (bicyclic) bond motifs is 2. The molecule has 3 heterocycles. The van der Waals surface area contributed by atoms with Gasteiger partial charge in [-0.2, -0.15) is 10.1 Å². The van der Waals surface area contributed by atoms with Gasteiger partial charge in [0.05, 0.1) is 36.0 Å². The molecule has 0 unspecified atom stereocenters. The first-order valence-electron chi connectivity index (χ1n) is 9.65. The van der Waals surface area contributed by atoms with Gasteiger partial charge in [-0.1, -0.05) is 38.6 Å². The number of amides is 1. The number of thiophene rings is 2. The minimum atomic E-state index is -0.493. The minimum absolute atomic E-state index is 0.0414. The number of hydrogen-bond donors (Lipinski definition) is 0. The van der Waals surface area contributed by atoms with Crippen LogP contribution in [0.25, 0.3) is 20.3 Å². The highest BCUT2D eigenvalue weighted by Crippen LogP contribution is 2.35. The maximum atomic E-state index is 13.6. The Morgan fingerprint density at radius 1 is 0.971 bits per heavy atom. The first-order valence-corrected chi connectivity index (χ1v) is 12.9. The largest absolute Gasteiger partial charge is 0.324 e. The zero-order chi connectivity index (χ0) is 24.7. The lowest BCUT2D eigenvalue weighted by Gasteiger charge is -2.12. The fourth-order valence-corrected chi connectivity index (χ4v) is 6.27. The SMILES string of the molecule is O=C(c1cc2cc([N+](=O)[O-])ccc2s1)N(/N=C/c1ccc([N+](=O)[O-])s1)c1nc2ccc(Br)cc2s1. The van der Waals surface area contributed by atoms with Gasteiger partial charge in [-0.15, -0.1) is 11.3 Å². The topological polar surface area (TPSA) is 132 Å². The number of hydrogen-bond acceptors (Lipinski definition) is 10. The Bertz CT molecular complexity index is 1670. The van der Waals surface area contributed by atoms with E-state index in [4.69, 9.17) is 0 Å². The molecule has 3 aromatic heterocycles. The predicted molar refractivity (Wildman–Crippen MR) is 141 cm³/mol. The second kappa shape index (κ2) is 9.22. The summed E-state index contributed by atoms with van der Waals surface area (Å²) in [7, 11) is 0. The normalized spacial score (nSPS) is 11.5. The van der Waals surface area contributed by atoms with Crippen molar-refractivity contribution in [3.63, 3.8) is 0 Å². The Balaban J connectivity index is 1.56. The monoisotopic (exact) mass is 587 g/mol. The second-order valence-electron chi connectivity index (χ2n) is 6.99. The van der Waals surface area contributed by atoms with Gasteiger partial charge < -0.3 is 0 Å². The van der Waals surface area contributed by atoms with Gasteiger partial charge >= 0.3 is 5.00 Å². The Morgan fingerprint density at radius 2 is 1.80 bits per heavy atom. The van der Waals surface area contributed by atoms with Gasteiger partial charge in [0, 0.05) is 32.8 Å². The van der Waals surface area contributed by atoms with Crippen molar-refractivity contribution in [3.8, 4) is 0 Å². The summed E-state index contributed by atoms with van der Waals surface area (Å²) in [5.74, 6) is -0.478. The van der Waals surface area contributed by atoms with E-state index < -0.39 is 15.8 Å². The maximum absolute atomic E-state index is 13.6. The highest BCUT2D eigenvalue weighted by molar-refractivity contribution is 9.10. The van der Waals surface area contributed by atoms with Gasteiger partial charge in [-0.3, -0.25) is 25.0 Å². The Kier molecular flexibility index (Phi) is 6.10. The van der Waals surface area contributed by atoms with Crippen LogP contribution in [0.1, 0.15) is 14.5 Å². The lowest BCUT2D eigenvalue weighted by molar-refractivity contribution is -0.384. The Labute approximate surface area is 216 Å². The van der Waals surface area contributed by atoms with Gasteiger partial charge in [0.15, 0.2) is 0 Å². The van der Waals surface area contributed by atoms with E-state index in [1.807, 2.05) is 18.2 Å². The molecule has 5 rings (SSSR count). The molecule has 5 aromatic rings. The summed E-state index contributed by atoms with van der Waals surface area (Å²) >= 11 is 6.80. The zero-order valence-electron chi connectivity index (χ0n) is 17.2. The van der Waals surface area contributed by atoms with Crippen LogP contribution in [-0.2, 0) is 0 Å². The molecule has 10 nitrogen and oxygen atoms in total. The second-order valence-corrected chi connectivity index (χ2v) is 11.1. The van der Waals surface area contributed by atoms with Crippen molar-refractivity contribution in [1.82, 2.24) is 4.98 Å². The molecular weight excluding hydrogens is 578 g/mol. The molecule has 0 aliphatic carbocycles. The van der Waals surface area contributed by atoms with E-state index in [2.05, 4.69) is 26.0 Å². The highest BCUT2D eigenvalue weighted by atomic mass is 79.9. The number of nitrogens with zero attached hydrogens (tertiary/aromatic N) is 5. The number of carbonyl (C=O) groups is 1. The van der Waals surface area contributed by atoms with Crippen LogP contribution < -0.4 is 5.01 Å². The van der Waals surface area contributed by atoms with Crippen molar-refractivity contribution in [2.45, 2.75) is 0 Å². The van der Waals surface area contributed by atoms with E-state index in [0.29, 0.717) is 30.5 Å². The van der Waals surface area contributed by atoms with Gasteiger partial charge in [0.25, 0.3) is 11.6 Å². The molecule has 0 saturated carbocycles. The standard InChI is InChI=1S/C21H10BrN5O5S3/c22-12-1-4-15-17(9-12)35-21(24-15)25(23-10-14-3-6-19(33-14)27(31)32)20(28)18-8-11-7-13(26(29)30)2-5-16(11)34-18/h1-10H/b23-10+. The van der Waals surface area contributed by atoms with Crippen LogP contribution in [0, 0.1) is 20.2 Å². The lowest BCUT2D eigenvalue weighted by atomic mass is 10.2. The summed E-state index contributed by atoms with van der Waals surface area (Å²) in [6, 6.07) is 14.4. The van der Waals surface area contributed by atoms with E-state index in [0.717, 1.165) is 25.5 Å². The minimum Gasteiger partial charge on any atom is -0.266 e. The lowest BCUT2D eigenvalue weighted by Crippen LogP contribution is -2.24. The van der Waals surface area contributed by atoms with Gasteiger partial charge in [-0.05, 0) is 36.4 Å². The van der Waals surface area contributed by atoms with Crippen molar-refractivity contribution >= 4 is 98.2 Å². The van der Waals surface area contributed by atoms with Crippen LogP contribution in [0.4, 0.5) is 15.8 Å². The number of rotatable bonds is 6. The van der Waals surface area contributed by atoms with Crippen molar-refractivity contribution in [1.29, 1.82) is 0 Å². The number of non-ortho nitro benzene ring substituents is 1.